The van der Waals surface area contributed by atoms with Crippen molar-refractivity contribution >= 4 is 101 Å². The van der Waals surface area contributed by atoms with Gasteiger partial charge in [0.1, 0.15) is 0 Å². The molecule has 0 atom stereocenters. The van der Waals surface area contributed by atoms with Crippen molar-refractivity contribution in [3.63, 3.8) is 0 Å². The van der Waals surface area contributed by atoms with Gasteiger partial charge >= 0.3 is 0 Å². The quantitative estimate of drug-likeness (QED) is 0.141. The lowest BCUT2D eigenvalue weighted by Gasteiger charge is -2.45. The smallest absolute Gasteiger partial charge is 0.252 e. The Morgan fingerprint density at radius 2 is 0.525 bits per heavy atom. The van der Waals surface area contributed by atoms with Crippen LogP contribution in [0.5, 0.6) is 0 Å². The number of fused-ring (bicyclic) bond motifs is 12. The van der Waals surface area contributed by atoms with E-state index >= 15 is 0 Å². The van der Waals surface area contributed by atoms with E-state index in [1.807, 2.05) is 0 Å². The molecule has 4 heterocycles. The molecule has 99 heavy (non-hydrogen) atoms. The summed E-state index contributed by atoms with van der Waals surface area (Å²) in [6.45, 7) is 19.4. The number of hydrogen-bond donors (Lipinski definition) is 0. The highest BCUT2D eigenvalue weighted by atomic mass is 15.2. The molecule has 19 rings (SSSR count). The standard InChI is InChI=1S/C94H79BN4/c1-91(2)52-54-93(5,6)74-56-60(44-48-72(74)91)64-26-9-19-36-80(64)98-86-42-25-43-87-90(86)95(76-50-46-62(58-88(76)98)66-28-11-17-34-78(66)96-82-38-21-13-30-68(82)69-31-14-22-39-83(69)96)77-51-47-63(67-29-12-18-35-79(67)97-84-40-23-15-32-70(84)71-33-16-24-41-85(71)97)59-89(77)99(87)81-37-20-10-27-65(81)61-45-49-73-75(57-61)94(7,8)55-53-92(73,3)4/h9-51,56-59H,52-55H2,1-8H3. The van der Waals surface area contributed by atoms with Crippen LogP contribution in [0.2, 0.25) is 0 Å². The van der Waals surface area contributed by atoms with E-state index in [2.05, 4.69) is 359 Å². The zero-order chi connectivity index (χ0) is 66.8. The first-order valence-electron chi connectivity index (χ1n) is 35.8. The topological polar surface area (TPSA) is 16.3 Å². The predicted molar refractivity (Wildman–Crippen MR) is 421 cm³/mol. The second kappa shape index (κ2) is 21.8. The Hall–Kier alpha value is -10.9. The Kier molecular flexibility index (Phi) is 13.1. The van der Waals surface area contributed by atoms with Crippen molar-refractivity contribution in [1.82, 2.24) is 9.13 Å². The molecule has 0 fully saturated rings. The van der Waals surface area contributed by atoms with Gasteiger partial charge in [-0.2, -0.15) is 0 Å². The van der Waals surface area contributed by atoms with E-state index in [0.29, 0.717) is 0 Å². The fourth-order valence-electron chi connectivity index (χ4n) is 18.3. The van der Waals surface area contributed by atoms with Crippen LogP contribution in [0.3, 0.4) is 0 Å². The van der Waals surface area contributed by atoms with Crippen LogP contribution in [-0.2, 0) is 21.7 Å². The van der Waals surface area contributed by atoms with Crippen molar-refractivity contribution in [2.24, 2.45) is 0 Å². The zero-order valence-corrected chi connectivity index (χ0v) is 57.8. The molecule has 2 aliphatic heterocycles. The van der Waals surface area contributed by atoms with Crippen molar-refractivity contribution in [3.8, 4) is 55.9 Å². The Morgan fingerprint density at radius 3 is 0.899 bits per heavy atom. The highest BCUT2D eigenvalue weighted by molar-refractivity contribution is 7.00. The lowest BCUT2D eigenvalue weighted by molar-refractivity contribution is 0.332. The molecule has 5 heteroatoms. The molecule has 0 bridgehead atoms. The van der Waals surface area contributed by atoms with E-state index in [-0.39, 0.29) is 28.4 Å². The Balaban J connectivity index is 0.878. The van der Waals surface area contributed by atoms with Crippen LogP contribution in [0.1, 0.15) is 103 Å². The van der Waals surface area contributed by atoms with Crippen molar-refractivity contribution in [1.29, 1.82) is 0 Å². The van der Waals surface area contributed by atoms with Gasteiger partial charge in [0.25, 0.3) is 6.71 Å². The van der Waals surface area contributed by atoms with E-state index in [1.165, 1.54) is 151 Å². The van der Waals surface area contributed by atoms with E-state index in [0.717, 1.165) is 46.7 Å². The molecule has 0 radical (unpaired) electrons. The molecule has 0 unspecified atom stereocenters. The number of anilines is 6. The van der Waals surface area contributed by atoms with Crippen LogP contribution in [0.15, 0.2) is 285 Å². The van der Waals surface area contributed by atoms with Crippen LogP contribution in [-0.4, -0.2) is 15.8 Å². The monoisotopic (exact) mass is 1270 g/mol. The third-order valence-electron chi connectivity index (χ3n) is 23.7. The maximum absolute atomic E-state index is 2.65. The number of hydrogen-bond acceptors (Lipinski definition) is 2. The average molecular weight is 1280 g/mol. The summed E-state index contributed by atoms with van der Waals surface area (Å²) in [4.78, 5) is 5.31. The van der Waals surface area contributed by atoms with E-state index in [4.69, 9.17) is 0 Å². The van der Waals surface area contributed by atoms with Gasteiger partial charge in [-0.25, -0.2) is 0 Å². The van der Waals surface area contributed by atoms with Crippen LogP contribution in [0.4, 0.5) is 34.1 Å². The molecule has 478 valence electrons. The molecule has 4 aliphatic rings. The molecule has 0 saturated heterocycles. The van der Waals surface area contributed by atoms with Gasteiger partial charge in [-0.05, 0) is 181 Å². The maximum atomic E-state index is 2.65. The molecule has 0 saturated carbocycles. The first-order valence-corrected chi connectivity index (χ1v) is 35.8. The van der Waals surface area contributed by atoms with Gasteiger partial charge in [-0.3, -0.25) is 0 Å². The summed E-state index contributed by atoms with van der Waals surface area (Å²) in [6.07, 6.45) is 4.63. The van der Waals surface area contributed by atoms with Gasteiger partial charge in [0.2, 0.25) is 0 Å². The summed E-state index contributed by atoms with van der Waals surface area (Å²) in [6, 6.07) is 109. The van der Waals surface area contributed by atoms with Gasteiger partial charge in [0, 0.05) is 66.5 Å². The number of aromatic nitrogens is 2. The number of nitrogens with zero attached hydrogens (tertiary/aromatic N) is 4. The van der Waals surface area contributed by atoms with Gasteiger partial charge in [-0.15, -0.1) is 0 Å². The maximum Gasteiger partial charge on any atom is 0.252 e. The Labute approximate surface area is 582 Å². The Bertz CT molecular complexity index is 5410. The first-order chi connectivity index (χ1) is 48.1. The van der Waals surface area contributed by atoms with Crippen LogP contribution in [0, 0.1) is 0 Å². The van der Waals surface area contributed by atoms with Gasteiger partial charge < -0.3 is 18.9 Å². The van der Waals surface area contributed by atoms with Crippen LogP contribution < -0.4 is 26.2 Å². The minimum Gasteiger partial charge on any atom is -0.311 e. The minimum absolute atomic E-state index is 0.0317. The molecule has 15 aromatic rings. The largest absolute Gasteiger partial charge is 0.311 e. The third-order valence-corrected chi connectivity index (χ3v) is 23.7. The van der Waals surface area contributed by atoms with E-state index in [9.17, 15) is 0 Å². The summed E-state index contributed by atoms with van der Waals surface area (Å²) in [5.74, 6) is 0. The molecule has 13 aromatic carbocycles. The number of rotatable bonds is 8. The normalized spacial score (nSPS) is 16.0. The van der Waals surface area contributed by atoms with E-state index < -0.39 is 0 Å². The average Bonchev–Trinajstić information content (AvgIpc) is 1.39. The minimum atomic E-state index is -0.144. The van der Waals surface area contributed by atoms with E-state index in [1.54, 1.807) is 0 Å². The molecule has 4 nitrogen and oxygen atoms in total. The fraction of sp³-hybridized carbons (Fsp3) is 0.170. The molecule has 0 spiro atoms. The zero-order valence-electron chi connectivity index (χ0n) is 57.8. The summed E-state index contributed by atoms with van der Waals surface area (Å²) < 4.78 is 4.97. The van der Waals surface area contributed by atoms with Crippen molar-refractivity contribution in [3.05, 3.63) is 307 Å². The molecular weight excluding hydrogens is 1200 g/mol. The lowest BCUT2D eigenvalue weighted by Crippen LogP contribution is -2.61. The van der Waals surface area contributed by atoms with Crippen molar-refractivity contribution in [2.45, 2.75) is 103 Å². The number of para-hydroxylation sites is 8. The second-order valence-electron chi connectivity index (χ2n) is 31.2. The highest BCUT2D eigenvalue weighted by Gasteiger charge is 2.45. The molecule has 2 aliphatic carbocycles. The van der Waals surface area contributed by atoms with Crippen molar-refractivity contribution in [2.75, 3.05) is 9.80 Å². The lowest BCUT2D eigenvalue weighted by atomic mass is 9.33. The fourth-order valence-corrected chi connectivity index (χ4v) is 18.3. The molecule has 0 amide bonds. The SMILES string of the molecule is CC1(C)CCC(C)(C)c2cc(-c3ccccc3N3c4cc(-c5ccccc5-n5c6ccccc6c6ccccc65)ccc4B4c5ccc(-c6ccccc6-n6c7ccccc7c7ccccc76)cc5N(c5ccccc5-c5ccc6c(c5)C(C)(C)CCC6(C)C)c5cccc3c54)ccc21. The summed E-state index contributed by atoms with van der Waals surface area (Å²) in [5, 5.41) is 5.00. The number of benzene rings is 13. The molecule has 2 aromatic heterocycles. The van der Waals surface area contributed by atoms with Gasteiger partial charge in [0.05, 0.1) is 44.8 Å². The summed E-state index contributed by atoms with van der Waals surface area (Å²) in [5.41, 5.74) is 33.6. The van der Waals surface area contributed by atoms with Crippen LogP contribution >= 0.6 is 0 Å². The predicted octanol–water partition coefficient (Wildman–Crippen LogP) is 23.3. The third kappa shape index (κ3) is 8.98. The van der Waals surface area contributed by atoms with Gasteiger partial charge in [-0.1, -0.05) is 268 Å². The summed E-state index contributed by atoms with van der Waals surface area (Å²) in [7, 11) is 0. The summed E-state index contributed by atoms with van der Waals surface area (Å²) >= 11 is 0. The van der Waals surface area contributed by atoms with Gasteiger partial charge in [0.15, 0.2) is 0 Å². The molecular formula is C94H79BN4. The Morgan fingerprint density at radius 1 is 0.242 bits per heavy atom. The second-order valence-corrected chi connectivity index (χ2v) is 31.2. The molecule has 0 N–H and O–H groups in total. The van der Waals surface area contributed by atoms with Crippen LogP contribution in [0.25, 0.3) is 99.5 Å². The van der Waals surface area contributed by atoms with Crippen molar-refractivity contribution < 1.29 is 0 Å². The highest BCUT2D eigenvalue weighted by Crippen LogP contribution is 2.54. The first kappa shape index (κ1) is 59.4.